The van der Waals surface area contributed by atoms with Crippen molar-refractivity contribution in [2.45, 2.75) is 19.3 Å². The molecule has 1 aliphatic heterocycles. The van der Waals surface area contributed by atoms with E-state index in [-0.39, 0.29) is 17.4 Å². The first kappa shape index (κ1) is 25.0. The van der Waals surface area contributed by atoms with Gasteiger partial charge in [0.1, 0.15) is 0 Å². The Hall–Kier alpha value is -3.01. The number of nitrogens with zero attached hydrogens (tertiary/aromatic N) is 3. The van der Waals surface area contributed by atoms with E-state index in [1.165, 1.54) is 0 Å². The Labute approximate surface area is 175 Å². The van der Waals surface area contributed by atoms with Crippen LogP contribution in [0, 0.1) is 0 Å². The summed E-state index contributed by atoms with van der Waals surface area (Å²) in [6.45, 7) is 9.75. The van der Waals surface area contributed by atoms with Gasteiger partial charge in [-0.1, -0.05) is 18.2 Å². The van der Waals surface area contributed by atoms with Crippen molar-refractivity contribution < 1.29 is 31.7 Å². The first-order chi connectivity index (χ1) is 13.3. The van der Waals surface area contributed by atoms with Crippen LogP contribution in [0.3, 0.4) is 0 Å². The molecule has 0 saturated heterocycles. The molecule has 1 aliphatic rings. The molecule has 28 heavy (non-hydrogen) atoms. The van der Waals surface area contributed by atoms with Gasteiger partial charge in [0, 0.05) is 53.4 Å². The van der Waals surface area contributed by atoms with E-state index < -0.39 is 0 Å². The Morgan fingerprint density at radius 3 is 0.821 bits per heavy atom. The van der Waals surface area contributed by atoms with Crippen LogP contribution < -0.4 is 0 Å². The molecule has 0 N–H and O–H groups in total. The zero-order valence-corrected chi connectivity index (χ0v) is 16.3. The minimum Gasteiger partial charge on any atom is -0.545 e. The van der Waals surface area contributed by atoms with E-state index in [9.17, 15) is 0 Å². The van der Waals surface area contributed by atoms with Gasteiger partial charge in [-0.25, -0.2) is 0 Å². The Morgan fingerprint density at radius 1 is 0.464 bits per heavy atom. The molecule has 0 saturated carbocycles. The average Bonchev–Trinajstić information content (AvgIpc) is 2.73. The number of aromatic nitrogens is 3. The van der Waals surface area contributed by atoms with Gasteiger partial charge < -0.3 is 14.4 Å². The van der Waals surface area contributed by atoms with Crippen molar-refractivity contribution in [3.8, 4) is 0 Å². The Kier molecular flexibility index (Phi) is 12.6. The van der Waals surface area contributed by atoms with Gasteiger partial charge in [-0.3, -0.25) is 35.3 Å². The number of hydrogen-bond acceptors (Lipinski definition) is 6. The van der Waals surface area contributed by atoms with Gasteiger partial charge in [0.15, 0.2) is 0 Å². The fraction of sp³-hybridized carbons (Fsp3) is 0.143. The van der Waals surface area contributed by atoms with Gasteiger partial charge in [0.2, 0.25) is 0 Å². The minimum absolute atomic E-state index is 0. The molecule has 4 rings (SSSR count). The molecule has 0 unspecified atom stereocenters. The predicted molar refractivity (Wildman–Crippen MR) is 101 cm³/mol. The fourth-order valence-corrected chi connectivity index (χ4v) is 2.74. The van der Waals surface area contributed by atoms with E-state index in [4.69, 9.17) is 29.3 Å². The van der Waals surface area contributed by atoms with Crippen molar-refractivity contribution in [2.75, 3.05) is 0 Å². The van der Waals surface area contributed by atoms with E-state index in [2.05, 4.69) is 75.0 Å². The van der Waals surface area contributed by atoms with Crippen molar-refractivity contribution in [3.05, 3.63) is 88.8 Å². The maximum atomic E-state index is 7.75. The van der Waals surface area contributed by atoms with Gasteiger partial charge in [-0.2, -0.15) is 0 Å². The Morgan fingerprint density at radius 2 is 0.643 bits per heavy atom. The van der Waals surface area contributed by atoms with Crippen LogP contribution in [0.25, 0.3) is 0 Å². The van der Waals surface area contributed by atoms with Gasteiger partial charge in [0.25, 0.3) is 0 Å². The van der Waals surface area contributed by atoms with E-state index in [1.54, 1.807) is 0 Å². The summed E-state index contributed by atoms with van der Waals surface area (Å²) < 4.78 is 0. The third-order valence-electron chi connectivity index (χ3n) is 3.68. The molecule has 6 nitrogen and oxygen atoms in total. The third kappa shape index (κ3) is 7.31. The first-order valence-corrected chi connectivity index (χ1v) is 7.90. The van der Waals surface area contributed by atoms with Crippen LogP contribution in [0.4, 0.5) is 0 Å². The van der Waals surface area contributed by atoms with E-state index >= 15 is 0 Å². The summed E-state index contributed by atoms with van der Waals surface area (Å²) in [5.74, 6) is 0. The maximum Gasteiger partial charge on any atom is 3.00 e. The van der Waals surface area contributed by atoms with Crippen LogP contribution in [-0.4, -0.2) is 35.3 Å². The molecule has 0 atom stereocenters. The molecule has 1 radical (unpaired) electrons. The van der Waals surface area contributed by atoms with Crippen LogP contribution in [-0.2, 0) is 51.0 Å². The molecule has 0 aliphatic carbocycles. The van der Waals surface area contributed by atoms with Gasteiger partial charge >= 0.3 is 17.4 Å². The average molecular weight is 412 g/mol. The van der Waals surface area contributed by atoms with Crippen molar-refractivity contribution >= 4 is 20.4 Å². The van der Waals surface area contributed by atoms with Crippen LogP contribution in [0.1, 0.15) is 34.2 Å². The predicted octanol–water partition coefficient (Wildman–Crippen LogP) is 2.13. The molecule has 0 fully saturated rings. The molecular weight excluding hydrogens is 394 g/mol. The second-order valence-electron chi connectivity index (χ2n) is 5.39. The SMILES string of the molecule is [CH-]=O.[CH-]=O.[CH-]=O.[Cr+3].c1cc2nc(c1)Cc1cccc(n1)Cc1cccc(n1)C2. The zero-order chi connectivity index (χ0) is 20.1. The summed E-state index contributed by atoms with van der Waals surface area (Å²) in [4.78, 5) is 37.4. The largest absolute Gasteiger partial charge is 3.00 e. The number of pyridine rings is 3. The fourth-order valence-electron chi connectivity index (χ4n) is 2.74. The van der Waals surface area contributed by atoms with Gasteiger partial charge in [-0.05, 0) is 36.4 Å². The molecule has 141 valence electrons. The summed E-state index contributed by atoms with van der Waals surface area (Å²) in [6.07, 6.45) is 2.34. The Balaban J connectivity index is 0.000000957. The molecule has 4 heterocycles. The van der Waals surface area contributed by atoms with Crippen molar-refractivity contribution in [1.82, 2.24) is 15.0 Å². The van der Waals surface area contributed by atoms with Crippen molar-refractivity contribution in [3.63, 3.8) is 0 Å². The summed E-state index contributed by atoms with van der Waals surface area (Å²) in [7, 11) is 0. The standard InChI is InChI=1S/C18H15N3.3CHO.Cr/c1-4-13-10-15-6-2-8-17(20-15)12-18-9-3-7-16(21-18)11-14(5-1)19-13;3*1-2;/h1-9H,10-12H2;3*1H;/q;3*-1;+3. The summed E-state index contributed by atoms with van der Waals surface area (Å²) in [5, 5.41) is 0. The topological polar surface area (TPSA) is 89.9 Å². The molecule has 7 heteroatoms. The van der Waals surface area contributed by atoms with Crippen molar-refractivity contribution in [2.24, 2.45) is 0 Å². The van der Waals surface area contributed by atoms with Crippen LogP contribution in [0.15, 0.2) is 54.6 Å². The zero-order valence-electron chi connectivity index (χ0n) is 15.0. The molecule has 3 aromatic rings. The third-order valence-corrected chi connectivity index (χ3v) is 3.68. The number of rotatable bonds is 0. The molecule has 0 amide bonds. The summed E-state index contributed by atoms with van der Waals surface area (Å²) in [5.41, 5.74) is 6.38. The monoisotopic (exact) mass is 412 g/mol. The maximum absolute atomic E-state index is 7.75. The van der Waals surface area contributed by atoms with E-state index in [1.807, 2.05) is 0 Å². The summed E-state index contributed by atoms with van der Waals surface area (Å²) in [6, 6.07) is 18.6. The second-order valence-corrected chi connectivity index (χ2v) is 5.39. The number of carbonyl (C=O) groups excluding carboxylic acids is 3. The first-order valence-electron chi connectivity index (χ1n) is 7.90. The molecule has 0 spiro atoms. The molecular formula is C21H18CrN3O3. The second kappa shape index (κ2) is 14.1. The number of fused-ring (bicyclic) bond motifs is 6. The quantitative estimate of drug-likeness (QED) is 0.325. The normalized spacial score (nSPS) is 10.3. The van der Waals surface area contributed by atoms with Crippen LogP contribution in [0.5, 0.6) is 0 Å². The van der Waals surface area contributed by atoms with Gasteiger partial charge in [0.05, 0.1) is 0 Å². The van der Waals surface area contributed by atoms with Crippen molar-refractivity contribution in [1.29, 1.82) is 0 Å². The minimum atomic E-state index is 0. The molecule has 6 bridgehead atoms. The van der Waals surface area contributed by atoms with Crippen LogP contribution >= 0.6 is 0 Å². The number of hydrogen-bond donors (Lipinski definition) is 0. The summed E-state index contributed by atoms with van der Waals surface area (Å²) >= 11 is 0. The smallest absolute Gasteiger partial charge is 0.545 e. The molecule has 3 aromatic heterocycles. The van der Waals surface area contributed by atoms with E-state index in [0.29, 0.717) is 0 Å². The van der Waals surface area contributed by atoms with Gasteiger partial charge in [-0.15, -0.1) is 0 Å². The van der Waals surface area contributed by atoms with Crippen LogP contribution in [0.2, 0.25) is 0 Å². The van der Waals surface area contributed by atoms with E-state index in [0.717, 1.165) is 53.4 Å². The molecule has 0 aromatic carbocycles. The Bertz CT molecular complexity index is 697.